The highest BCUT2D eigenvalue weighted by Crippen LogP contribution is 2.28. The van der Waals surface area contributed by atoms with Crippen LogP contribution in [0.4, 0.5) is 5.69 Å². The fourth-order valence-electron chi connectivity index (χ4n) is 2.55. The van der Waals surface area contributed by atoms with Gasteiger partial charge >= 0.3 is 5.97 Å². The molecule has 1 atom stereocenters. The molecule has 4 nitrogen and oxygen atoms in total. The van der Waals surface area contributed by atoms with E-state index in [0.29, 0.717) is 17.2 Å². The normalized spacial score (nSPS) is 18.4. The van der Waals surface area contributed by atoms with Gasteiger partial charge in [0, 0.05) is 18.1 Å². The molecule has 0 aliphatic carbocycles. The van der Waals surface area contributed by atoms with E-state index >= 15 is 0 Å². The topological polar surface area (TPSA) is 38.8 Å². The van der Waals surface area contributed by atoms with Crippen molar-refractivity contribution in [3.8, 4) is 0 Å². The van der Waals surface area contributed by atoms with Crippen LogP contribution in [0.1, 0.15) is 23.2 Å². The monoisotopic (exact) mass is 309 g/mol. The van der Waals surface area contributed by atoms with Crippen LogP contribution in [0.25, 0.3) is 0 Å². The van der Waals surface area contributed by atoms with E-state index in [4.69, 9.17) is 21.1 Å². The van der Waals surface area contributed by atoms with Crippen LogP contribution < -0.4 is 4.90 Å². The summed E-state index contributed by atoms with van der Waals surface area (Å²) in [7, 11) is 1.38. The summed E-state index contributed by atoms with van der Waals surface area (Å²) in [5, 5.41) is 0.604. The van der Waals surface area contributed by atoms with Crippen LogP contribution in [0.3, 0.4) is 0 Å². The number of halogens is 1. The molecule has 114 valence electrons. The van der Waals surface area contributed by atoms with Gasteiger partial charge in [0.15, 0.2) is 0 Å². The quantitative estimate of drug-likeness (QED) is 0.618. The van der Waals surface area contributed by atoms with E-state index in [1.54, 1.807) is 18.2 Å². The molecular weight excluding hydrogens is 290 g/mol. The maximum Gasteiger partial charge on any atom is 0.339 e. The van der Waals surface area contributed by atoms with Gasteiger partial charge in [0.05, 0.1) is 31.1 Å². The van der Waals surface area contributed by atoms with Gasteiger partial charge in [0.1, 0.15) is 0 Å². The first-order chi connectivity index (χ1) is 10.2. The molecule has 0 radical (unpaired) electrons. The summed E-state index contributed by atoms with van der Waals surface area (Å²) in [6.45, 7) is 5.81. The van der Waals surface area contributed by atoms with Gasteiger partial charge in [-0.15, -0.1) is 6.58 Å². The zero-order chi connectivity index (χ0) is 15.2. The van der Waals surface area contributed by atoms with Gasteiger partial charge in [-0.3, -0.25) is 0 Å². The van der Waals surface area contributed by atoms with Crippen molar-refractivity contribution < 1.29 is 14.3 Å². The minimum Gasteiger partial charge on any atom is -0.465 e. The Morgan fingerprint density at radius 1 is 1.57 bits per heavy atom. The molecule has 1 fully saturated rings. The molecule has 1 heterocycles. The molecule has 21 heavy (non-hydrogen) atoms. The van der Waals surface area contributed by atoms with E-state index in [9.17, 15) is 4.79 Å². The third kappa shape index (κ3) is 3.99. The summed E-state index contributed by atoms with van der Waals surface area (Å²) in [6.07, 6.45) is 3.91. The van der Waals surface area contributed by atoms with Crippen LogP contribution in [0.2, 0.25) is 5.02 Å². The van der Waals surface area contributed by atoms with E-state index in [-0.39, 0.29) is 12.1 Å². The highest BCUT2D eigenvalue weighted by atomic mass is 35.5. The van der Waals surface area contributed by atoms with Gasteiger partial charge in [-0.25, -0.2) is 4.79 Å². The summed E-state index contributed by atoms with van der Waals surface area (Å²) in [4.78, 5) is 14.0. The number of methoxy groups -OCH3 is 1. The third-order valence-electron chi connectivity index (χ3n) is 3.53. The number of carbonyl (C=O) groups excluding carboxylic acids is 1. The maximum atomic E-state index is 11.9. The molecule has 5 heteroatoms. The summed E-state index contributed by atoms with van der Waals surface area (Å²) >= 11 is 6.08. The standard InChI is InChI=1S/C16H20ClNO3/c1-3-9-21-13-5-4-8-18(11-13)15-10-12(17)6-7-14(15)16(19)20-2/h3,6-7,10,13H,1,4-5,8-9,11H2,2H3. The van der Waals surface area contributed by atoms with Gasteiger partial charge < -0.3 is 14.4 Å². The molecule has 0 aromatic heterocycles. The number of esters is 1. The molecule has 0 saturated carbocycles. The van der Waals surface area contributed by atoms with Crippen molar-refractivity contribution in [2.24, 2.45) is 0 Å². The third-order valence-corrected chi connectivity index (χ3v) is 3.77. The minimum atomic E-state index is -0.351. The minimum absolute atomic E-state index is 0.140. The number of hydrogen-bond acceptors (Lipinski definition) is 4. The highest BCUT2D eigenvalue weighted by molar-refractivity contribution is 6.31. The van der Waals surface area contributed by atoms with Crippen LogP contribution in [0.5, 0.6) is 0 Å². The molecule has 2 rings (SSSR count). The number of ether oxygens (including phenoxy) is 2. The lowest BCUT2D eigenvalue weighted by molar-refractivity contribution is 0.0590. The lowest BCUT2D eigenvalue weighted by Crippen LogP contribution is -2.40. The second kappa shape index (κ2) is 7.48. The maximum absolute atomic E-state index is 11.9. The second-order valence-corrected chi connectivity index (χ2v) is 5.42. The second-order valence-electron chi connectivity index (χ2n) is 4.99. The van der Waals surface area contributed by atoms with Gasteiger partial charge in [-0.2, -0.15) is 0 Å². The number of rotatable bonds is 5. The molecule has 1 aliphatic heterocycles. The first kappa shape index (κ1) is 15.9. The average Bonchev–Trinajstić information content (AvgIpc) is 2.52. The van der Waals surface area contributed by atoms with E-state index < -0.39 is 0 Å². The Bertz CT molecular complexity index is 518. The number of anilines is 1. The van der Waals surface area contributed by atoms with Crippen molar-refractivity contribution in [3.05, 3.63) is 41.4 Å². The molecular formula is C16H20ClNO3. The molecule has 1 aromatic carbocycles. The average molecular weight is 310 g/mol. The predicted octanol–water partition coefficient (Wildman–Crippen LogP) is 3.30. The first-order valence-electron chi connectivity index (χ1n) is 7.01. The van der Waals surface area contributed by atoms with Crippen LogP contribution in [0, 0.1) is 0 Å². The SMILES string of the molecule is C=CCOC1CCCN(c2cc(Cl)ccc2C(=O)OC)C1. The number of carbonyl (C=O) groups is 1. The molecule has 1 saturated heterocycles. The van der Waals surface area contributed by atoms with Crippen LogP contribution in [-0.4, -0.2) is 38.9 Å². The Morgan fingerprint density at radius 2 is 2.38 bits per heavy atom. The van der Waals surface area contributed by atoms with Crippen molar-refractivity contribution in [1.29, 1.82) is 0 Å². The summed E-state index contributed by atoms with van der Waals surface area (Å²) < 4.78 is 10.6. The molecule has 0 N–H and O–H groups in total. The molecule has 1 aromatic rings. The Balaban J connectivity index is 2.21. The zero-order valence-corrected chi connectivity index (χ0v) is 12.9. The van der Waals surface area contributed by atoms with Crippen LogP contribution >= 0.6 is 11.6 Å². The van der Waals surface area contributed by atoms with Crippen LogP contribution in [-0.2, 0) is 9.47 Å². The number of hydrogen-bond donors (Lipinski definition) is 0. The van der Waals surface area contributed by atoms with Gasteiger partial charge in [-0.05, 0) is 31.0 Å². The summed E-state index contributed by atoms with van der Waals surface area (Å²) in [5.41, 5.74) is 1.34. The Hall–Kier alpha value is -1.52. The Morgan fingerprint density at radius 3 is 3.10 bits per heavy atom. The first-order valence-corrected chi connectivity index (χ1v) is 7.38. The molecule has 0 spiro atoms. The van der Waals surface area contributed by atoms with Crippen molar-refractivity contribution in [2.75, 3.05) is 31.7 Å². The van der Waals surface area contributed by atoms with Crippen LogP contribution in [0.15, 0.2) is 30.9 Å². The fraction of sp³-hybridized carbons (Fsp3) is 0.438. The largest absolute Gasteiger partial charge is 0.465 e. The van der Waals surface area contributed by atoms with E-state index in [1.165, 1.54) is 7.11 Å². The van der Waals surface area contributed by atoms with Crippen molar-refractivity contribution in [1.82, 2.24) is 0 Å². The number of nitrogens with zero attached hydrogens (tertiary/aromatic N) is 1. The molecule has 0 bridgehead atoms. The smallest absolute Gasteiger partial charge is 0.339 e. The summed E-state index contributed by atoms with van der Waals surface area (Å²) in [6, 6.07) is 5.22. The van der Waals surface area contributed by atoms with Crippen molar-refractivity contribution in [2.45, 2.75) is 18.9 Å². The number of piperidine rings is 1. The van der Waals surface area contributed by atoms with E-state index in [0.717, 1.165) is 31.6 Å². The van der Waals surface area contributed by atoms with E-state index in [2.05, 4.69) is 11.5 Å². The molecule has 1 unspecified atom stereocenters. The lowest BCUT2D eigenvalue weighted by Gasteiger charge is -2.35. The van der Waals surface area contributed by atoms with Crippen molar-refractivity contribution in [3.63, 3.8) is 0 Å². The van der Waals surface area contributed by atoms with Gasteiger partial charge in [0.2, 0.25) is 0 Å². The zero-order valence-electron chi connectivity index (χ0n) is 12.2. The Labute approximate surface area is 130 Å². The molecule has 0 amide bonds. The summed E-state index contributed by atoms with van der Waals surface area (Å²) in [5.74, 6) is -0.351. The fourth-order valence-corrected chi connectivity index (χ4v) is 2.71. The van der Waals surface area contributed by atoms with Gasteiger partial charge in [-0.1, -0.05) is 17.7 Å². The Kier molecular flexibility index (Phi) is 5.65. The van der Waals surface area contributed by atoms with Gasteiger partial charge in [0.25, 0.3) is 0 Å². The highest BCUT2D eigenvalue weighted by Gasteiger charge is 2.24. The lowest BCUT2D eigenvalue weighted by atomic mass is 10.0. The predicted molar refractivity (Wildman–Crippen MR) is 84.2 cm³/mol. The van der Waals surface area contributed by atoms with E-state index in [1.807, 2.05) is 6.07 Å². The van der Waals surface area contributed by atoms with Crippen molar-refractivity contribution >= 4 is 23.3 Å². The number of benzene rings is 1. The molecule has 1 aliphatic rings.